The zero-order valence-corrected chi connectivity index (χ0v) is 6.44. The van der Waals surface area contributed by atoms with E-state index in [2.05, 4.69) is 5.10 Å². The van der Waals surface area contributed by atoms with E-state index in [1.165, 1.54) is 10.7 Å². The molecule has 0 aromatic carbocycles. The van der Waals surface area contributed by atoms with Crippen molar-refractivity contribution in [1.82, 2.24) is 9.78 Å². The third kappa shape index (κ3) is 1.36. The van der Waals surface area contributed by atoms with Gasteiger partial charge in [-0.15, -0.1) is 4.68 Å². The van der Waals surface area contributed by atoms with Gasteiger partial charge >= 0.3 is 5.82 Å². The second kappa shape index (κ2) is 2.69. The fourth-order valence-corrected chi connectivity index (χ4v) is 0.912. The van der Waals surface area contributed by atoms with Crippen LogP contribution in [0.4, 0.5) is 5.82 Å². The summed E-state index contributed by atoms with van der Waals surface area (Å²) in [5, 5.41) is 14.3. The number of nitro groups is 1. The Morgan fingerprint density at radius 2 is 2.45 bits per heavy atom. The summed E-state index contributed by atoms with van der Waals surface area (Å²) in [5.41, 5.74) is 0.679. The first-order chi connectivity index (χ1) is 5.15. The summed E-state index contributed by atoms with van der Waals surface area (Å²) in [6.07, 6.45) is 0. The molecule has 0 N–H and O–H groups in total. The van der Waals surface area contributed by atoms with Crippen molar-refractivity contribution in [2.24, 2.45) is 0 Å². The molecule has 1 heterocycles. The lowest BCUT2D eigenvalue weighted by Gasteiger charge is -1.92. The van der Waals surface area contributed by atoms with Gasteiger partial charge in [-0.1, -0.05) is 5.10 Å². The molecule has 0 aliphatic heterocycles. The zero-order chi connectivity index (χ0) is 8.43. The number of hydrogen-bond acceptors (Lipinski definition) is 3. The molecule has 0 aliphatic carbocycles. The van der Waals surface area contributed by atoms with Gasteiger partial charge in [-0.25, -0.2) is 0 Å². The molecule has 0 fully saturated rings. The van der Waals surface area contributed by atoms with Crippen LogP contribution in [0.3, 0.4) is 0 Å². The fourth-order valence-electron chi connectivity index (χ4n) is 0.912. The Labute approximate surface area is 63.8 Å². The van der Waals surface area contributed by atoms with E-state index < -0.39 is 4.92 Å². The third-order valence-electron chi connectivity index (χ3n) is 1.37. The molecule has 1 rings (SSSR count). The lowest BCUT2D eigenvalue weighted by molar-refractivity contribution is -0.392. The highest BCUT2D eigenvalue weighted by Crippen LogP contribution is 2.11. The molecule has 0 spiro atoms. The normalized spacial score (nSPS) is 10.0. The quantitative estimate of drug-likeness (QED) is 0.475. The average molecular weight is 155 g/mol. The molecule has 0 radical (unpaired) electrons. The molecule has 1 aromatic heterocycles. The van der Waals surface area contributed by atoms with E-state index in [9.17, 15) is 10.1 Å². The number of aromatic nitrogens is 2. The van der Waals surface area contributed by atoms with Gasteiger partial charge in [0.25, 0.3) is 0 Å². The molecule has 0 saturated carbocycles. The first-order valence-corrected chi connectivity index (χ1v) is 3.34. The van der Waals surface area contributed by atoms with Crippen molar-refractivity contribution >= 4 is 5.82 Å². The van der Waals surface area contributed by atoms with Crippen molar-refractivity contribution in [1.29, 1.82) is 0 Å². The van der Waals surface area contributed by atoms with Crippen molar-refractivity contribution in [2.45, 2.75) is 20.4 Å². The number of aryl methyl sites for hydroxylation is 2. The highest BCUT2D eigenvalue weighted by Gasteiger charge is 2.13. The Balaban J connectivity index is 3.12. The zero-order valence-electron chi connectivity index (χ0n) is 6.44. The average Bonchev–Trinajstić information content (AvgIpc) is 2.30. The topological polar surface area (TPSA) is 61.0 Å². The first-order valence-electron chi connectivity index (χ1n) is 3.34. The van der Waals surface area contributed by atoms with Crippen LogP contribution in [-0.4, -0.2) is 14.7 Å². The van der Waals surface area contributed by atoms with Gasteiger partial charge in [0, 0.05) is 0 Å². The molecule has 0 unspecified atom stereocenters. The van der Waals surface area contributed by atoms with Gasteiger partial charge in [0.15, 0.2) is 0 Å². The molecule has 1 aromatic rings. The van der Waals surface area contributed by atoms with Crippen molar-refractivity contribution in [3.05, 3.63) is 21.9 Å². The van der Waals surface area contributed by atoms with Crippen LogP contribution < -0.4 is 0 Å². The van der Waals surface area contributed by atoms with Crippen LogP contribution >= 0.6 is 0 Å². The van der Waals surface area contributed by atoms with Crippen molar-refractivity contribution in [3.63, 3.8) is 0 Å². The maximum Gasteiger partial charge on any atom is 0.345 e. The van der Waals surface area contributed by atoms with Gasteiger partial charge in [0.05, 0.1) is 11.8 Å². The molecule has 11 heavy (non-hydrogen) atoms. The van der Waals surface area contributed by atoms with E-state index in [-0.39, 0.29) is 5.82 Å². The fraction of sp³-hybridized carbons (Fsp3) is 0.500. The van der Waals surface area contributed by atoms with Gasteiger partial charge in [0.2, 0.25) is 0 Å². The second-order valence-corrected chi connectivity index (χ2v) is 2.22. The minimum absolute atomic E-state index is 0.0602. The summed E-state index contributed by atoms with van der Waals surface area (Å²) in [6, 6.07) is 1.46. The molecule has 0 atom stereocenters. The van der Waals surface area contributed by atoms with E-state index in [1.54, 1.807) is 6.92 Å². The summed E-state index contributed by atoms with van der Waals surface area (Å²) < 4.78 is 1.37. The van der Waals surface area contributed by atoms with E-state index >= 15 is 0 Å². The number of rotatable bonds is 2. The summed E-state index contributed by atoms with van der Waals surface area (Å²) in [6.45, 7) is 4.09. The predicted octanol–water partition coefficient (Wildman–Crippen LogP) is 1.12. The van der Waals surface area contributed by atoms with Crippen molar-refractivity contribution in [3.8, 4) is 0 Å². The van der Waals surface area contributed by atoms with E-state index in [0.717, 1.165) is 0 Å². The highest BCUT2D eigenvalue weighted by atomic mass is 16.6. The molecular weight excluding hydrogens is 146 g/mol. The molecule has 0 bridgehead atoms. The van der Waals surface area contributed by atoms with E-state index in [4.69, 9.17) is 0 Å². The Bertz CT molecular complexity index is 279. The molecule has 60 valence electrons. The van der Waals surface area contributed by atoms with Crippen LogP contribution in [0.15, 0.2) is 6.07 Å². The lowest BCUT2D eigenvalue weighted by Crippen LogP contribution is -2.01. The second-order valence-electron chi connectivity index (χ2n) is 2.22. The van der Waals surface area contributed by atoms with Gasteiger partial charge in [-0.2, -0.15) is 0 Å². The van der Waals surface area contributed by atoms with Gasteiger partial charge in [0.1, 0.15) is 6.54 Å². The maximum absolute atomic E-state index is 10.3. The molecule has 0 saturated heterocycles. The Hall–Kier alpha value is -1.39. The van der Waals surface area contributed by atoms with E-state index in [0.29, 0.717) is 12.2 Å². The van der Waals surface area contributed by atoms with Crippen LogP contribution in [0.5, 0.6) is 0 Å². The Morgan fingerprint density at radius 1 is 1.82 bits per heavy atom. The van der Waals surface area contributed by atoms with Crippen molar-refractivity contribution < 1.29 is 4.92 Å². The van der Waals surface area contributed by atoms with Crippen LogP contribution in [0.25, 0.3) is 0 Å². The first kappa shape index (κ1) is 7.71. The summed E-state index contributed by atoms with van der Waals surface area (Å²) in [4.78, 5) is 9.91. The maximum atomic E-state index is 10.3. The largest absolute Gasteiger partial charge is 0.358 e. The molecule has 0 amide bonds. The summed E-state index contributed by atoms with van der Waals surface area (Å²) in [7, 11) is 0. The SMILES string of the molecule is CCn1nc(C)cc1[N+](=O)[O-]. The monoisotopic (exact) mass is 155 g/mol. The van der Waals surface area contributed by atoms with Crippen LogP contribution in [-0.2, 0) is 6.54 Å². The Morgan fingerprint density at radius 3 is 2.82 bits per heavy atom. The van der Waals surface area contributed by atoms with Gasteiger partial charge in [-0.3, -0.25) is 0 Å². The van der Waals surface area contributed by atoms with Crippen LogP contribution in [0.1, 0.15) is 12.6 Å². The highest BCUT2D eigenvalue weighted by molar-refractivity contribution is 5.21. The van der Waals surface area contributed by atoms with Crippen LogP contribution in [0.2, 0.25) is 0 Å². The molecule has 5 nitrogen and oxygen atoms in total. The van der Waals surface area contributed by atoms with Crippen molar-refractivity contribution in [2.75, 3.05) is 0 Å². The van der Waals surface area contributed by atoms with E-state index in [1.807, 2.05) is 6.92 Å². The third-order valence-corrected chi connectivity index (χ3v) is 1.37. The Kier molecular flexibility index (Phi) is 1.89. The van der Waals surface area contributed by atoms with Gasteiger partial charge in [-0.05, 0) is 18.8 Å². The van der Waals surface area contributed by atoms with Gasteiger partial charge < -0.3 is 10.1 Å². The smallest absolute Gasteiger partial charge is 0.345 e. The lowest BCUT2D eigenvalue weighted by atomic mass is 10.5. The summed E-state index contributed by atoms with van der Waals surface area (Å²) in [5.74, 6) is 0.0602. The van der Waals surface area contributed by atoms with Crippen LogP contribution in [0, 0.1) is 17.0 Å². The molecule has 0 aliphatic rings. The summed E-state index contributed by atoms with van der Waals surface area (Å²) >= 11 is 0. The molecule has 5 heteroatoms. The predicted molar refractivity (Wildman–Crippen MR) is 39.3 cm³/mol. The number of hydrogen-bond donors (Lipinski definition) is 0. The molecular formula is C6H9N3O2. The minimum atomic E-state index is -0.427. The standard InChI is InChI=1S/C6H9N3O2/c1-3-8-6(9(10)11)4-5(2)7-8/h4H,3H2,1-2H3. The minimum Gasteiger partial charge on any atom is -0.358 e. The number of nitrogens with zero attached hydrogens (tertiary/aromatic N) is 3.